The fourth-order valence-electron chi connectivity index (χ4n) is 3.48. The van der Waals surface area contributed by atoms with Crippen LogP contribution in [0, 0.1) is 17.7 Å². The fraction of sp³-hybridized carbons (Fsp3) is 0.562. The number of hydrogen-bond donors (Lipinski definition) is 1. The van der Waals surface area contributed by atoms with Crippen LogP contribution in [-0.4, -0.2) is 5.91 Å². The maximum absolute atomic E-state index is 13.8. The van der Waals surface area contributed by atoms with Crippen molar-refractivity contribution in [1.82, 2.24) is 0 Å². The van der Waals surface area contributed by atoms with E-state index >= 15 is 0 Å². The molecule has 2 N–H and O–H groups in total. The van der Waals surface area contributed by atoms with E-state index in [2.05, 4.69) is 0 Å². The van der Waals surface area contributed by atoms with Gasteiger partial charge in [0.15, 0.2) is 0 Å². The highest BCUT2D eigenvalue weighted by Crippen LogP contribution is 2.47. The van der Waals surface area contributed by atoms with Crippen molar-refractivity contribution in [3.05, 3.63) is 35.1 Å². The molecule has 0 aliphatic heterocycles. The van der Waals surface area contributed by atoms with E-state index in [-0.39, 0.29) is 5.56 Å². The first kappa shape index (κ1) is 12.6. The number of benzene rings is 1. The Labute approximate surface area is 113 Å². The number of nitrogens with two attached hydrogens (primary N) is 1. The van der Waals surface area contributed by atoms with Crippen LogP contribution in [0.1, 0.15) is 60.4 Å². The van der Waals surface area contributed by atoms with Gasteiger partial charge in [-0.15, -0.1) is 0 Å². The second-order valence-electron chi connectivity index (χ2n) is 6.05. The summed E-state index contributed by atoms with van der Waals surface area (Å²) < 4.78 is 13.8. The Balaban J connectivity index is 1.69. The van der Waals surface area contributed by atoms with Crippen molar-refractivity contribution >= 4 is 5.91 Å². The fourth-order valence-corrected chi connectivity index (χ4v) is 3.48. The molecule has 2 nitrogen and oxygen atoms in total. The van der Waals surface area contributed by atoms with Gasteiger partial charge in [-0.05, 0) is 74.0 Å². The van der Waals surface area contributed by atoms with Crippen LogP contribution in [0.5, 0.6) is 0 Å². The van der Waals surface area contributed by atoms with Crippen LogP contribution < -0.4 is 5.73 Å². The van der Waals surface area contributed by atoms with Crippen LogP contribution >= 0.6 is 0 Å². The van der Waals surface area contributed by atoms with Gasteiger partial charge in [0, 0.05) is 0 Å². The normalized spacial score (nSPS) is 27.2. The summed E-state index contributed by atoms with van der Waals surface area (Å²) in [6, 6.07) is 4.90. The summed E-state index contributed by atoms with van der Waals surface area (Å²) in [5.41, 5.74) is 6.14. The van der Waals surface area contributed by atoms with E-state index in [1.165, 1.54) is 37.8 Å². The first-order chi connectivity index (χ1) is 9.15. The molecule has 2 aliphatic rings. The molecule has 2 fully saturated rings. The Morgan fingerprint density at radius 1 is 1.05 bits per heavy atom. The molecule has 3 rings (SSSR count). The zero-order valence-corrected chi connectivity index (χ0v) is 11.1. The molecule has 0 spiro atoms. The minimum Gasteiger partial charge on any atom is -0.366 e. The monoisotopic (exact) mass is 261 g/mol. The number of primary amides is 1. The molecule has 3 heteroatoms. The Morgan fingerprint density at radius 3 is 2.11 bits per heavy atom. The summed E-state index contributed by atoms with van der Waals surface area (Å²) in [6.45, 7) is 0. The quantitative estimate of drug-likeness (QED) is 0.887. The molecule has 0 heterocycles. The molecule has 1 aromatic rings. The SMILES string of the molecule is NC(=O)c1ccc(C2CCC(C3CC3)CC2)cc1F. The Kier molecular flexibility index (Phi) is 3.29. The lowest BCUT2D eigenvalue weighted by Crippen LogP contribution is -2.16. The summed E-state index contributed by atoms with van der Waals surface area (Å²) in [6.07, 6.45) is 7.67. The minimum atomic E-state index is -0.693. The topological polar surface area (TPSA) is 43.1 Å². The van der Waals surface area contributed by atoms with Crippen LogP contribution in [0.15, 0.2) is 18.2 Å². The van der Waals surface area contributed by atoms with E-state index in [4.69, 9.17) is 5.73 Å². The van der Waals surface area contributed by atoms with Crippen LogP contribution in [0.25, 0.3) is 0 Å². The van der Waals surface area contributed by atoms with E-state index in [1.807, 2.05) is 6.07 Å². The lowest BCUT2D eigenvalue weighted by Gasteiger charge is -2.29. The smallest absolute Gasteiger partial charge is 0.251 e. The van der Waals surface area contributed by atoms with Gasteiger partial charge in [-0.25, -0.2) is 4.39 Å². The molecule has 0 aromatic heterocycles. The first-order valence-corrected chi connectivity index (χ1v) is 7.24. The Morgan fingerprint density at radius 2 is 1.63 bits per heavy atom. The largest absolute Gasteiger partial charge is 0.366 e. The number of amides is 1. The Hall–Kier alpha value is -1.38. The zero-order valence-electron chi connectivity index (χ0n) is 11.1. The van der Waals surface area contributed by atoms with Crippen LogP contribution in [0.3, 0.4) is 0 Å². The highest BCUT2D eigenvalue weighted by Gasteiger charge is 2.34. The predicted octanol–water partition coefficient (Wildman–Crippen LogP) is 3.61. The molecule has 0 bridgehead atoms. The van der Waals surface area contributed by atoms with Crippen molar-refractivity contribution in [3.8, 4) is 0 Å². The number of hydrogen-bond acceptors (Lipinski definition) is 1. The van der Waals surface area contributed by atoms with E-state index in [1.54, 1.807) is 0 Å². The van der Waals surface area contributed by atoms with Gasteiger partial charge in [0.05, 0.1) is 5.56 Å². The molecular formula is C16H20FNO. The number of carbonyl (C=O) groups excluding carboxylic acids is 1. The maximum Gasteiger partial charge on any atom is 0.251 e. The molecule has 0 unspecified atom stereocenters. The lowest BCUT2D eigenvalue weighted by molar-refractivity contribution is 0.0996. The molecule has 2 saturated carbocycles. The third-order valence-electron chi connectivity index (χ3n) is 4.79. The minimum absolute atomic E-state index is 0.00424. The van der Waals surface area contributed by atoms with E-state index in [0.29, 0.717) is 5.92 Å². The number of carbonyl (C=O) groups is 1. The highest BCUT2D eigenvalue weighted by molar-refractivity contribution is 5.93. The van der Waals surface area contributed by atoms with Crippen molar-refractivity contribution in [2.24, 2.45) is 17.6 Å². The molecule has 1 aromatic carbocycles. The molecule has 19 heavy (non-hydrogen) atoms. The predicted molar refractivity (Wildman–Crippen MR) is 72.3 cm³/mol. The summed E-state index contributed by atoms with van der Waals surface area (Å²) >= 11 is 0. The molecule has 1 amide bonds. The van der Waals surface area contributed by atoms with Crippen LogP contribution in [0.4, 0.5) is 4.39 Å². The average molecular weight is 261 g/mol. The van der Waals surface area contributed by atoms with Gasteiger partial charge in [0.2, 0.25) is 0 Å². The van der Waals surface area contributed by atoms with Crippen molar-refractivity contribution in [2.45, 2.75) is 44.4 Å². The van der Waals surface area contributed by atoms with Gasteiger partial charge in [-0.3, -0.25) is 4.79 Å². The van der Waals surface area contributed by atoms with Crippen LogP contribution in [0.2, 0.25) is 0 Å². The van der Waals surface area contributed by atoms with Crippen molar-refractivity contribution in [3.63, 3.8) is 0 Å². The third kappa shape index (κ3) is 2.65. The summed E-state index contributed by atoms with van der Waals surface area (Å²) in [5.74, 6) is 1.17. The lowest BCUT2D eigenvalue weighted by atomic mass is 9.77. The molecule has 0 atom stereocenters. The van der Waals surface area contributed by atoms with Crippen LogP contribution in [-0.2, 0) is 0 Å². The Bertz CT molecular complexity index is 488. The summed E-state index contributed by atoms with van der Waals surface area (Å²) in [5, 5.41) is 0. The van der Waals surface area contributed by atoms with E-state index in [0.717, 1.165) is 30.2 Å². The zero-order chi connectivity index (χ0) is 13.4. The number of halogens is 1. The van der Waals surface area contributed by atoms with Gasteiger partial charge in [0.25, 0.3) is 5.91 Å². The average Bonchev–Trinajstić information content (AvgIpc) is 3.22. The van der Waals surface area contributed by atoms with E-state index in [9.17, 15) is 9.18 Å². The highest BCUT2D eigenvalue weighted by atomic mass is 19.1. The number of rotatable bonds is 3. The molecular weight excluding hydrogens is 241 g/mol. The molecule has 0 radical (unpaired) electrons. The maximum atomic E-state index is 13.8. The standard InChI is InChI=1S/C16H20FNO/c17-15-9-13(7-8-14(15)16(18)19)12-5-3-11(4-6-12)10-1-2-10/h7-12H,1-6H2,(H2,18,19). The van der Waals surface area contributed by atoms with Gasteiger partial charge < -0.3 is 5.73 Å². The van der Waals surface area contributed by atoms with Gasteiger partial charge in [-0.1, -0.05) is 6.07 Å². The third-order valence-corrected chi connectivity index (χ3v) is 4.79. The van der Waals surface area contributed by atoms with Gasteiger partial charge in [0.1, 0.15) is 5.82 Å². The molecule has 102 valence electrons. The van der Waals surface area contributed by atoms with Gasteiger partial charge >= 0.3 is 0 Å². The van der Waals surface area contributed by atoms with Crippen molar-refractivity contribution < 1.29 is 9.18 Å². The first-order valence-electron chi connectivity index (χ1n) is 7.24. The summed E-state index contributed by atoms with van der Waals surface area (Å²) in [7, 11) is 0. The van der Waals surface area contributed by atoms with Crippen molar-refractivity contribution in [2.75, 3.05) is 0 Å². The second kappa shape index (κ2) is 4.95. The molecule has 2 aliphatic carbocycles. The van der Waals surface area contributed by atoms with Gasteiger partial charge in [-0.2, -0.15) is 0 Å². The van der Waals surface area contributed by atoms with E-state index < -0.39 is 11.7 Å². The second-order valence-corrected chi connectivity index (χ2v) is 6.05. The van der Waals surface area contributed by atoms with Crippen molar-refractivity contribution in [1.29, 1.82) is 0 Å². The molecule has 0 saturated heterocycles. The summed E-state index contributed by atoms with van der Waals surface area (Å²) in [4.78, 5) is 11.0.